The lowest BCUT2D eigenvalue weighted by atomic mass is 9.90. The van der Waals surface area contributed by atoms with Gasteiger partial charge in [-0.3, -0.25) is 9.58 Å². The minimum Gasteiger partial charge on any atom is -0.487 e. The van der Waals surface area contributed by atoms with Crippen LogP contribution in [0.2, 0.25) is 5.02 Å². The van der Waals surface area contributed by atoms with Gasteiger partial charge in [-0.25, -0.2) is 14.6 Å². The van der Waals surface area contributed by atoms with Gasteiger partial charge < -0.3 is 24.3 Å². The number of hydrogen-bond acceptors (Lipinski definition) is 12. The fourth-order valence-electron chi connectivity index (χ4n) is 6.08. The van der Waals surface area contributed by atoms with Crippen LogP contribution >= 0.6 is 11.6 Å². The summed E-state index contributed by atoms with van der Waals surface area (Å²) in [5.74, 6) is 1.55. The van der Waals surface area contributed by atoms with Gasteiger partial charge in [0, 0.05) is 56.7 Å². The van der Waals surface area contributed by atoms with Gasteiger partial charge in [0.05, 0.1) is 43.6 Å². The number of benzene rings is 1. The molecule has 2 aliphatic rings. The molecule has 1 saturated heterocycles. The van der Waals surface area contributed by atoms with Crippen molar-refractivity contribution in [3.05, 3.63) is 48.1 Å². The van der Waals surface area contributed by atoms with Gasteiger partial charge in [0.1, 0.15) is 23.9 Å². The monoisotopic (exact) mass is 666 g/mol. The highest BCUT2D eigenvalue weighted by Gasteiger charge is 2.29. The molecule has 2 fully saturated rings. The second-order valence-corrected chi connectivity index (χ2v) is 12.3. The van der Waals surface area contributed by atoms with E-state index in [0.29, 0.717) is 61.0 Å². The maximum atomic E-state index is 6.45. The van der Waals surface area contributed by atoms with Crippen LogP contribution in [-0.4, -0.2) is 103 Å². The van der Waals surface area contributed by atoms with Crippen molar-refractivity contribution >= 4 is 23.2 Å². The van der Waals surface area contributed by atoms with E-state index in [9.17, 15) is 0 Å². The molecule has 1 N–H and O–H groups in total. The normalized spacial score (nSPS) is 19.4. The average molecular weight is 667 g/mol. The summed E-state index contributed by atoms with van der Waals surface area (Å²) in [5, 5.41) is 20.0. The van der Waals surface area contributed by atoms with E-state index >= 15 is 0 Å². The van der Waals surface area contributed by atoms with Gasteiger partial charge in [0.25, 0.3) is 5.88 Å². The van der Waals surface area contributed by atoms with E-state index in [-0.39, 0.29) is 6.10 Å². The molecule has 1 atom stereocenters. The van der Waals surface area contributed by atoms with Crippen molar-refractivity contribution < 1.29 is 18.9 Å². The molecule has 1 saturated carbocycles. The number of nitrogens with zero attached hydrogens (tertiary/aromatic N) is 9. The summed E-state index contributed by atoms with van der Waals surface area (Å²) < 4.78 is 26.9. The number of rotatable bonds is 15. The predicted molar refractivity (Wildman–Crippen MR) is 176 cm³/mol. The smallest absolute Gasteiger partial charge is 0.256 e. The third kappa shape index (κ3) is 8.95. The zero-order chi connectivity index (χ0) is 32.4. The summed E-state index contributed by atoms with van der Waals surface area (Å²) in [6, 6.07) is 6.54. The Hall–Kier alpha value is -3.85. The van der Waals surface area contributed by atoms with Gasteiger partial charge in [-0.05, 0) is 67.7 Å². The molecular weight excluding hydrogens is 624 g/mol. The molecule has 252 valence electrons. The quantitative estimate of drug-likeness (QED) is 0.174. The van der Waals surface area contributed by atoms with Crippen molar-refractivity contribution in [3.8, 4) is 22.8 Å². The van der Waals surface area contributed by atoms with Crippen molar-refractivity contribution in [1.29, 1.82) is 0 Å². The maximum absolute atomic E-state index is 6.45. The predicted octanol–water partition coefficient (Wildman–Crippen LogP) is 4.81. The van der Waals surface area contributed by atoms with E-state index in [2.05, 4.69) is 40.4 Å². The third-order valence-corrected chi connectivity index (χ3v) is 8.82. The van der Waals surface area contributed by atoms with Crippen LogP contribution in [0, 0.1) is 0 Å². The molecule has 15 heteroatoms. The minimum atomic E-state index is -0.203. The summed E-state index contributed by atoms with van der Waals surface area (Å²) in [4.78, 5) is 11.8. The van der Waals surface area contributed by atoms with Gasteiger partial charge in [0.15, 0.2) is 0 Å². The highest BCUT2D eigenvalue weighted by Crippen LogP contribution is 2.35. The topological polar surface area (TPSA) is 139 Å². The van der Waals surface area contributed by atoms with Crippen molar-refractivity contribution in [2.24, 2.45) is 0 Å². The molecule has 0 amide bonds. The maximum Gasteiger partial charge on any atom is 0.256 e. The zero-order valence-electron chi connectivity index (χ0n) is 27.0. The molecule has 3 aromatic heterocycles. The molecule has 1 aromatic carbocycles. The van der Waals surface area contributed by atoms with E-state index in [1.54, 1.807) is 29.5 Å². The lowest BCUT2D eigenvalue weighted by molar-refractivity contribution is 0.00502. The second-order valence-electron chi connectivity index (χ2n) is 11.9. The molecule has 0 spiro atoms. The van der Waals surface area contributed by atoms with Gasteiger partial charge in [0.2, 0.25) is 5.95 Å². The number of morpholine rings is 1. The summed E-state index contributed by atoms with van der Waals surface area (Å²) in [7, 11) is 0. The standard InChI is InChI=1S/C32H43ClN10O4/c1-3-44-13-4-14-46-31-29(21-43(38-31)27-8-6-26(7-9-27)41-11-15-45-16-12-41)37-32-34-18-25(19-35-32)24-5-10-28(33)30(17-24)47-23(2)20-42-22-36-39-40-42/h5,10,17-19,21-23,26-27H,3-4,6-9,11-16,20H2,1-2H3,(H,34,35,37). The molecule has 0 bridgehead atoms. The van der Waals surface area contributed by atoms with Crippen LogP contribution in [0.25, 0.3) is 11.1 Å². The Labute approximate surface area is 279 Å². The molecular formula is C32H43ClN10O4. The summed E-state index contributed by atoms with van der Waals surface area (Å²) >= 11 is 6.45. The van der Waals surface area contributed by atoms with E-state index in [1.165, 1.54) is 0 Å². The summed E-state index contributed by atoms with van der Waals surface area (Å²) in [6.45, 7) is 9.97. The SMILES string of the molecule is CCOCCCOc1nn(C2CCC(N3CCOCC3)CC2)cc1Nc1ncc(-c2ccc(Cl)c(OC(C)Cn3cnnn3)c2)cn1. The minimum absolute atomic E-state index is 0.203. The molecule has 4 aromatic rings. The Morgan fingerprint density at radius 2 is 1.83 bits per heavy atom. The number of tetrazole rings is 1. The van der Waals surface area contributed by atoms with E-state index in [4.69, 9.17) is 35.6 Å². The van der Waals surface area contributed by atoms with Crippen LogP contribution in [0.5, 0.6) is 11.6 Å². The number of hydrogen-bond donors (Lipinski definition) is 1. The van der Waals surface area contributed by atoms with Gasteiger partial charge in [-0.2, -0.15) is 0 Å². The van der Waals surface area contributed by atoms with Crippen molar-refractivity contribution in [2.75, 3.05) is 51.4 Å². The van der Waals surface area contributed by atoms with Crippen LogP contribution in [0.3, 0.4) is 0 Å². The number of aromatic nitrogens is 8. The fraction of sp³-hybridized carbons (Fsp3) is 0.562. The Balaban J connectivity index is 1.11. The van der Waals surface area contributed by atoms with Gasteiger partial charge in [-0.15, -0.1) is 10.2 Å². The Bertz CT molecular complexity index is 1520. The van der Waals surface area contributed by atoms with Crippen LogP contribution in [0.1, 0.15) is 52.0 Å². The summed E-state index contributed by atoms with van der Waals surface area (Å²) in [5.41, 5.74) is 2.44. The number of nitrogens with one attached hydrogen (secondary N) is 1. The van der Waals surface area contributed by atoms with Crippen LogP contribution in [-0.2, 0) is 16.0 Å². The number of anilines is 2. The Morgan fingerprint density at radius 1 is 1.04 bits per heavy atom. The van der Waals surface area contributed by atoms with Crippen LogP contribution < -0.4 is 14.8 Å². The van der Waals surface area contributed by atoms with Crippen molar-refractivity contribution in [1.82, 2.24) is 44.9 Å². The Kier molecular flexibility index (Phi) is 11.5. The molecule has 1 aliphatic heterocycles. The largest absolute Gasteiger partial charge is 0.487 e. The Morgan fingerprint density at radius 3 is 2.57 bits per heavy atom. The van der Waals surface area contributed by atoms with Gasteiger partial charge in [-0.1, -0.05) is 17.7 Å². The highest BCUT2D eigenvalue weighted by atomic mass is 35.5. The van der Waals surface area contributed by atoms with Crippen LogP contribution in [0.4, 0.5) is 11.6 Å². The summed E-state index contributed by atoms with van der Waals surface area (Å²) in [6.07, 6.45) is 12.1. The van der Waals surface area contributed by atoms with Crippen molar-refractivity contribution in [2.45, 2.75) is 70.7 Å². The van der Waals surface area contributed by atoms with E-state index in [0.717, 1.165) is 75.2 Å². The van der Waals surface area contributed by atoms with E-state index in [1.807, 2.05) is 32.2 Å². The van der Waals surface area contributed by atoms with Crippen molar-refractivity contribution in [3.63, 3.8) is 0 Å². The molecule has 47 heavy (non-hydrogen) atoms. The lowest BCUT2D eigenvalue weighted by Gasteiger charge is -2.38. The first-order chi connectivity index (χ1) is 23.1. The fourth-order valence-corrected chi connectivity index (χ4v) is 6.24. The molecule has 0 radical (unpaired) electrons. The molecule has 4 heterocycles. The molecule has 1 unspecified atom stereocenters. The first kappa shape index (κ1) is 33.1. The van der Waals surface area contributed by atoms with Gasteiger partial charge >= 0.3 is 0 Å². The molecule has 6 rings (SSSR count). The van der Waals surface area contributed by atoms with Crippen LogP contribution in [0.15, 0.2) is 43.1 Å². The average Bonchev–Trinajstić information content (AvgIpc) is 3.76. The third-order valence-electron chi connectivity index (χ3n) is 8.50. The first-order valence-electron chi connectivity index (χ1n) is 16.4. The molecule has 1 aliphatic carbocycles. The number of ether oxygens (including phenoxy) is 4. The molecule has 14 nitrogen and oxygen atoms in total. The first-order valence-corrected chi connectivity index (χ1v) is 16.8. The van der Waals surface area contributed by atoms with E-state index < -0.39 is 0 Å². The zero-order valence-corrected chi connectivity index (χ0v) is 27.8. The number of halogens is 1. The second kappa shape index (κ2) is 16.3. The highest BCUT2D eigenvalue weighted by molar-refractivity contribution is 6.32. The lowest BCUT2D eigenvalue weighted by Crippen LogP contribution is -2.45.